The van der Waals surface area contributed by atoms with Crippen molar-refractivity contribution < 1.29 is 0 Å². The summed E-state index contributed by atoms with van der Waals surface area (Å²) in [5.41, 5.74) is 4.75. The van der Waals surface area contributed by atoms with E-state index in [4.69, 9.17) is 0 Å². The smallest absolute Gasteiger partial charge is 0.0658 e. The first-order valence-electron chi connectivity index (χ1n) is 6.37. The molecule has 2 N–H and O–H groups in total. The molecule has 0 saturated carbocycles. The van der Waals surface area contributed by atoms with Crippen molar-refractivity contribution in [2.75, 3.05) is 35.7 Å². The summed E-state index contributed by atoms with van der Waals surface area (Å²) in [7, 11) is 1.95. The molecule has 0 saturated heterocycles. The predicted octanol–water partition coefficient (Wildman–Crippen LogP) is 4.05. The summed E-state index contributed by atoms with van der Waals surface area (Å²) in [6, 6.07) is 14.8. The molecular formula is C15H16BrN3. The van der Waals surface area contributed by atoms with Gasteiger partial charge >= 0.3 is 0 Å². The second-order valence-electron chi connectivity index (χ2n) is 4.54. The number of hydrogen-bond acceptors (Lipinski definition) is 3. The lowest BCUT2D eigenvalue weighted by atomic mass is 10.1. The first kappa shape index (κ1) is 12.4. The number of fused-ring (bicyclic) bond motifs is 1. The van der Waals surface area contributed by atoms with Crippen LogP contribution >= 0.6 is 15.9 Å². The molecule has 0 aromatic heterocycles. The topological polar surface area (TPSA) is 27.3 Å². The van der Waals surface area contributed by atoms with Gasteiger partial charge in [0.05, 0.1) is 11.4 Å². The maximum atomic E-state index is 3.55. The molecule has 98 valence electrons. The fourth-order valence-electron chi connectivity index (χ4n) is 2.40. The Morgan fingerprint density at radius 3 is 2.95 bits per heavy atom. The van der Waals surface area contributed by atoms with E-state index in [9.17, 15) is 0 Å². The van der Waals surface area contributed by atoms with Crippen LogP contribution in [0.3, 0.4) is 0 Å². The lowest BCUT2D eigenvalue weighted by Crippen LogP contribution is -2.30. The van der Waals surface area contributed by atoms with Crippen LogP contribution in [0.5, 0.6) is 0 Å². The van der Waals surface area contributed by atoms with E-state index >= 15 is 0 Å². The molecule has 0 aliphatic carbocycles. The van der Waals surface area contributed by atoms with Crippen LogP contribution in [0, 0.1) is 0 Å². The first-order valence-corrected chi connectivity index (χ1v) is 7.16. The third-order valence-corrected chi connectivity index (χ3v) is 3.84. The maximum Gasteiger partial charge on any atom is 0.0658 e. The Kier molecular flexibility index (Phi) is 3.34. The van der Waals surface area contributed by atoms with Crippen LogP contribution in [0.1, 0.15) is 0 Å². The SMILES string of the molecule is CNc1cccc(N2CCNc3ccc(Br)cc32)c1. The van der Waals surface area contributed by atoms with Crippen molar-refractivity contribution in [1.82, 2.24) is 0 Å². The first-order chi connectivity index (χ1) is 9.28. The number of anilines is 4. The zero-order valence-corrected chi connectivity index (χ0v) is 12.4. The van der Waals surface area contributed by atoms with Crippen molar-refractivity contribution in [2.45, 2.75) is 0 Å². The molecule has 3 rings (SSSR count). The van der Waals surface area contributed by atoms with Crippen molar-refractivity contribution >= 4 is 38.7 Å². The molecule has 3 nitrogen and oxygen atoms in total. The van der Waals surface area contributed by atoms with E-state index in [2.05, 4.69) is 73.9 Å². The minimum Gasteiger partial charge on any atom is -0.388 e. The van der Waals surface area contributed by atoms with Gasteiger partial charge in [0, 0.05) is 36.0 Å². The molecule has 0 atom stereocenters. The fourth-order valence-corrected chi connectivity index (χ4v) is 2.75. The molecule has 1 aliphatic rings. The van der Waals surface area contributed by atoms with Crippen LogP contribution in [0.15, 0.2) is 46.9 Å². The largest absolute Gasteiger partial charge is 0.388 e. The molecule has 1 aliphatic heterocycles. The Bertz CT molecular complexity index is 598. The monoisotopic (exact) mass is 317 g/mol. The summed E-state index contributed by atoms with van der Waals surface area (Å²) in [6.07, 6.45) is 0. The molecule has 0 radical (unpaired) electrons. The Balaban J connectivity index is 2.05. The minimum absolute atomic E-state index is 0.957. The zero-order valence-electron chi connectivity index (χ0n) is 10.8. The third-order valence-electron chi connectivity index (χ3n) is 3.35. The Morgan fingerprint density at radius 1 is 1.21 bits per heavy atom. The molecule has 4 heteroatoms. The van der Waals surface area contributed by atoms with Gasteiger partial charge in [-0.15, -0.1) is 0 Å². The van der Waals surface area contributed by atoms with Crippen LogP contribution in [-0.2, 0) is 0 Å². The van der Waals surface area contributed by atoms with Crippen LogP contribution in [0.25, 0.3) is 0 Å². The molecule has 0 fully saturated rings. The van der Waals surface area contributed by atoms with Gasteiger partial charge in [-0.3, -0.25) is 0 Å². The van der Waals surface area contributed by atoms with Gasteiger partial charge in [0.15, 0.2) is 0 Å². The molecular weight excluding hydrogens is 302 g/mol. The van der Waals surface area contributed by atoms with Crippen molar-refractivity contribution in [3.8, 4) is 0 Å². The highest BCUT2D eigenvalue weighted by Gasteiger charge is 2.18. The zero-order chi connectivity index (χ0) is 13.2. The minimum atomic E-state index is 0.957. The van der Waals surface area contributed by atoms with Crippen LogP contribution in [0.2, 0.25) is 0 Å². The number of rotatable bonds is 2. The van der Waals surface area contributed by atoms with E-state index < -0.39 is 0 Å². The molecule has 2 aromatic rings. The highest BCUT2D eigenvalue weighted by molar-refractivity contribution is 9.10. The standard InChI is InChI=1S/C15H16BrN3/c1-17-12-3-2-4-13(10-12)19-8-7-18-14-6-5-11(16)9-15(14)19/h2-6,9-10,17-18H,7-8H2,1H3. The number of nitrogens with one attached hydrogen (secondary N) is 2. The molecule has 19 heavy (non-hydrogen) atoms. The Labute approximate surface area is 121 Å². The molecule has 0 bridgehead atoms. The molecule has 0 spiro atoms. The van der Waals surface area contributed by atoms with Crippen LogP contribution < -0.4 is 15.5 Å². The van der Waals surface area contributed by atoms with Crippen LogP contribution in [0.4, 0.5) is 22.7 Å². The number of halogens is 1. The summed E-state index contributed by atoms with van der Waals surface area (Å²) in [5.74, 6) is 0. The van der Waals surface area contributed by atoms with Crippen LogP contribution in [-0.4, -0.2) is 20.1 Å². The van der Waals surface area contributed by atoms with Gasteiger partial charge in [-0.25, -0.2) is 0 Å². The van der Waals surface area contributed by atoms with E-state index in [1.54, 1.807) is 0 Å². The lowest BCUT2D eigenvalue weighted by molar-refractivity contribution is 0.926. The van der Waals surface area contributed by atoms with Crippen molar-refractivity contribution in [3.63, 3.8) is 0 Å². The quantitative estimate of drug-likeness (QED) is 0.874. The van der Waals surface area contributed by atoms with Crippen molar-refractivity contribution in [2.24, 2.45) is 0 Å². The maximum absolute atomic E-state index is 3.55. The molecule has 2 aromatic carbocycles. The fraction of sp³-hybridized carbons (Fsp3) is 0.200. The molecule has 0 amide bonds. The molecule has 0 unspecified atom stereocenters. The normalized spacial score (nSPS) is 13.7. The van der Waals surface area contributed by atoms with Gasteiger partial charge in [0.2, 0.25) is 0 Å². The summed E-state index contributed by atoms with van der Waals surface area (Å²) in [6.45, 7) is 1.93. The van der Waals surface area contributed by atoms with E-state index in [1.165, 1.54) is 17.1 Å². The Morgan fingerprint density at radius 2 is 2.11 bits per heavy atom. The lowest BCUT2D eigenvalue weighted by Gasteiger charge is -2.32. The molecule has 1 heterocycles. The van der Waals surface area contributed by atoms with E-state index in [0.29, 0.717) is 0 Å². The Hall–Kier alpha value is -1.68. The number of nitrogens with zero attached hydrogens (tertiary/aromatic N) is 1. The van der Waals surface area contributed by atoms with Gasteiger partial charge in [-0.1, -0.05) is 22.0 Å². The van der Waals surface area contributed by atoms with Crippen molar-refractivity contribution in [3.05, 3.63) is 46.9 Å². The summed E-state index contributed by atoms with van der Waals surface area (Å²) in [5, 5.41) is 6.63. The average molecular weight is 318 g/mol. The average Bonchev–Trinajstić information content (AvgIpc) is 2.46. The summed E-state index contributed by atoms with van der Waals surface area (Å²) in [4.78, 5) is 2.34. The van der Waals surface area contributed by atoms with Gasteiger partial charge in [-0.05, 0) is 36.4 Å². The van der Waals surface area contributed by atoms with Gasteiger partial charge in [-0.2, -0.15) is 0 Å². The second-order valence-corrected chi connectivity index (χ2v) is 5.46. The van der Waals surface area contributed by atoms with Gasteiger partial charge < -0.3 is 15.5 Å². The van der Waals surface area contributed by atoms with Gasteiger partial charge in [0.1, 0.15) is 0 Å². The van der Waals surface area contributed by atoms with E-state index in [1.807, 2.05) is 7.05 Å². The number of benzene rings is 2. The second kappa shape index (κ2) is 5.13. The van der Waals surface area contributed by atoms with Gasteiger partial charge in [0.25, 0.3) is 0 Å². The summed E-state index contributed by atoms with van der Waals surface area (Å²) < 4.78 is 1.10. The van der Waals surface area contributed by atoms with E-state index in [0.717, 1.165) is 23.2 Å². The highest BCUT2D eigenvalue weighted by atomic mass is 79.9. The predicted molar refractivity (Wildman–Crippen MR) is 85.6 cm³/mol. The third kappa shape index (κ3) is 2.40. The van der Waals surface area contributed by atoms with Crippen molar-refractivity contribution in [1.29, 1.82) is 0 Å². The number of hydrogen-bond donors (Lipinski definition) is 2. The highest BCUT2D eigenvalue weighted by Crippen LogP contribution is 2.37. The van der Waals surface area contributed by atoms with E-state index in [-0.39, 0.29) is 0 Å². The summed E-state index contributed by atoms with van der Waals surface area (Å²) >= 11 is 3.55.